The second-order valence-electron chi connectivity index (χ2n) is 5.57. The molecule has 1 aliphatic heterocycles. The van der Waals surface area contributed by atoms with Gasteiger partial charge in [-0.15, -0.1) is 0 Å². The molecule has 3 aromatic rings. The molecule has 24 heavy (non-hydrogen) atoms. The van der Waals surface area contributed by atoms with Gasteiger partial charge in [-0.05, 0) is 30.3 Å². The summed E-state index contributed by atoms with van der Waals surface area (Å²) >= 11 is 6.07. The summed E-state index contributed by atoms with van der Waals surface area (Å²) in [5.41, 5.74) is 4.97. The number of hydrogen-bond donors (Lipinski definition) is 2. The van der Waals surface area contributed by atoms with Crippen molar-refractivity contribution in [1.82, 2.24) is 4.98 Å². The van der Waals surface area contributed by atoms with Gasteiger partial charge in [-0.1, -0.05) is 23.8 Å². The lowest BCUT2D eigenvalue weighted by Gasteiger charge is -2.20. The van der Waals surface area contributed by atoms with Crippen LogP contribution in [0.3, 0.4) is 0 Å². The van der Waals surface area contributed by atoms with Crippen molar-refractivity contribution in [2.75, 3.05) is 24.3 Å². The fourth-order valence-electron chi connectivity index (χ4n) is 2.90. The van der Waals surface area contributed by atoms with E-state index in [1.54, 1.807) is 13.3 Å². The maximum absolute atomic E-state index is 6.07. The van der Waals surface area contributed by atoms with Crippen LogP contribution in [0.5, 0.6) is 5.75 Å². The Kier molecular flexibility index (Phi) is 3.75. The Bertz CT molecular complexity index is 953. The molecule has 0 amide bonds. The topological polar surface area (TPSA) is 46.2 Å². The number of hydrogen-bond acceptors (Lipinski definition) is 4. The minimum Gasteiger partial charge on any atom is -0.497 e. The zero-order chi connectivity index (χ0) is 16.5. The van der Waals surface area contributed by atoms with Crippen molar-refractivity contribution in [2.45, 2.75) is 0 Å². The number of nitrogens with one attached hydrogen (secondary N) is 2. The van der Waals surface area contributed by atoms with Crippen LogP contribution in [0, 0.1) is 0 Å². The van der Waals surface area contributed by atoms with Gasteiger partial charge in [-0.3, -0.25) is 4.98 Å². The lowest BCUT2D eigenvalue weighted by Crippen LogP contribution is -2.08. The van der Waals surface area contributed by atoms with Crippen LogP contribution in [-0.2, 0) is 0 Å². The van der Waals surface area contributed by atoms with Crippen molar-refractivity contribution < 1.29 is 4.74 Å². The van der Waals surface area contributed by atoms with Gasteiger partial charge in [-0.25, -0.2) is 0 Å². The SMILES string of the molecule is COc1cc2c(c(Nc3ccnc4cc(Cl)ccc34)c1)NCC=C2. The number of halogens is 1. The summed E-state index contributed by atoms with van der Waals surface area (Å²) in [7, 11) is 1.68. The minimum absolute atomic E-state index is 0.678. The molecular formula is C19H16ClN3O. The first kappa shape index (κ1) is 14.8. The average molecular weight is 338 g/mol. The number of nitrogens with zero attached hydrogens (tertiary/aromatic N) is 1. The van der Waals surface area contributed by atoms with Crippen molar-refractivity contribution in [3.05, 3.63) is 59.3 Å². The lowest BCUT2D eigenvalue weighted by molar-refractivity contribution is 0.415. The van der Waals surface area contributed by atoms with Gasteiger partial charge in [0.05, 0.1) is 24.0 Å². The fourth-order valence-corrected chi connectivity index (χ4v) is 3.07. The minimum atomic E-state index is 0.678. The van der Waals surface area contributed by atoms with Crippen LogP contribution in [0.1, 0.15) is 5.56 Å². The third-order valence-electron chi connectivity index (χ3n) is 4.05. The standard InChI is InChI=1S/C19H16ClN3O/c1-24-14-9-12-3-2-7-22-19(12)18(11-14)23-16-6-8-21-17-10-13(20)4-5-15(16)17/h2-6,8-11,22H,7H2,1H3,(H,21,23). The molecule has 0 saturated carbocycles. The average Bonchev–Trinajstić information content (AvgIpc) is 2.61. The molecule has 0 spiro atoms. The van der Waals surface area contributed by atoms with Gasteiger partial charge in [-0.2, -0.15) is 0 Å². The molecule has 1 aliphatic rings. The number of methoxy groups -OCH3 is 1. The van der Waals surface area contributed by atoms with Crippen LogP contribution in [0.2, 0.25) is 5.02 Å². The maximum Gasteiger partial charge on any atom is 0.121 e. The van der Waals surface area contributed by atoms with E-state index in [4.69, 9.17) is 16.3 Å². The highest BCUT2D eigenvalue weighted by Crippen LogP contribution is 2.37. The molecule has 2 N–H and O–H groups in total. The summed E-state index contributed by atoms with van der Waals surface area (Å²) in [6, 6.07) is 11.7. The van der Waals surface area contributed by atoms with Gasteiger partial charge in [0.2, 0.25) is 0 Å². The quantitative estimate of drug-likeness (QED) is 0.699. The van der Waals surface area contributed by atoms with Gasteiger partial charge in [0.25, 0.3) is 0 Å². The first-order chi connectivity index (χ1) is 11.7. The van der Waals surface area contributed by atoms with Crippen molar-refractivity contribution >= 4 is 45.6 Å². The maximum atomic E-state index is 6.07. The van der Waals surface area contributed by atoms with Crippen LogP contribution < -0.4 is 15.4 Å². The fraction of sp³-hybridized carbons (Fsp3) is 0.105. The van der Waals surface area contributed by atoms with Crippen LogP contribution in [0.25, 0.3) is 17.0 Å². The van der Waals surface area contributed by atoms with E-state index in [-0.39, 0.29) is 0 Å². The van der Waals surface area contributed by atoms with E-state index < -0.39 is 0 Å². The Morgan fingerprint density at radius 1 is 1.17 bits per heavy atom. The second kappa shape index (κ2) is 6.06. The molecule has 2 aromatic carbocycles. The first-order valence-electron chi connectivity index (χ1n) is 7.68. The van der Waals surface area contributed by atoms with E-state index in [9.17, 15) is 0 Å². The van der Waals surface area contributed by atoms with Gasteiger partial charge >= 0.3 is 0 Å². The Hall–Kier alpha value is -2.72. The molecule has 0 bridgehead atoms. The van der Waals surface area contributed by atoms with E-state index >= 15 is 0 Å². The highest BCUT2D eigenvalue weighted by atomic mass is 35.5. The van der Waals surface area contributed by atoms with Gasteiger partial charge in [0.15, 0.2) is 0 Å². The third-order valence-corrected chi connectivity index (χ3v) is 4.28. The molecule has 5 heteroatoms. The Balaban J connectivity index is 1.83. The summed E-state index contributed by atoms with van der Waals surface area (Å²) in [5.74, 6) is 0.811. The van der Waals surface area contributed by atoms with Crippen molar-refractivity contribution in [3.8, 4) is 5.75 Å². The smallest absolute Gasteiger partial charge is 0.121 e. The Morgan fingerprint density at radius 2 is 2.08 bits per heavy atom. The lowest BCUT2D eigenvalue weighted by atomic mass is 10.1. The predicted molar refractivity (Wildman–Crippen MR) is 101 cm³/mol. The monoisotopic (exact) mass is 337 g/mol. The molecule has 120 valence electrons. The molecule has 0 saturated heterocycles. The zero-order valence-electron chi connectivity index (χ0n) is 13.1. The number of ether oxygens (including phenoxy) is 1. The summed E-state index contributed by atoms with van der Waals surface area (Å²) < 4.78 is 5.43. The van der Waals surface area contributed by atoms with Gasteiger partial charge < -0.3 is 15.4 Å². The Morgan fingerprint density at radius 3 is 2.96 bits per heavy atom. The first-order valence-corrected chi connectivity index (χ1v) is 8.06. The number of benzene rings is 2. The van der Waals surface area contributed by atoms with Gasteiger partial charge in [0.1, 0.15) is 5.75 Å². The van der Waals surface area contributed by atoms with Crippen LogP contribution in [-0.4, -0.2) is 18.6 Å². The number of rotatable bonds is 3. The van der Waals surface area contributed by atoms with Crippen molar-refractivity contribution in [1.29, 1.82) is 0 Å². The van der Waals surface area contributed by atoms with E-state index in [1.807, 2.05) is 36.4 Å². The number of fused-ring (bicyclic) bond motifs is 2. The molecule has 0 aliphatic carbocycles. The third kappa shape index (κ3) is 2.65. The number of pyridine rings is 1. The zero-order valence-corrected chi connectivity index (χ0v) is 13.9. The normalized spacial score (nSPS) is 12.6. The highest BCUT2D eigenvalue weighted by Gasteiger charge is 2.13. The predicted octanol–water partition coefficient (Wildman–Crippen LogP) is 5.08. The molecular weight excluding hydrogens is 322 g/mol. The summed E-state index contributed by atoms with van der Waals surface area (Å²) in [6.07, 6.45) is 5.97. The number of anilines is 3. The molecule has 0 atom stereocenters. The van der Waals surface area contributed by atoms with E-state index in [2.05, 4.69) is 27.8 Å². The van der Waals surface area contributed by atoms with Crippen molar-refractivity contribution in [3.63, 3.8) is 0 Å². The van der Waals surface area contributed by atoms with E-state index in [0.717, 1.165) is 45.8 Å². The van der Waals surface area contributed by atoms with Crippen molar-refractivity contribution in [2.24, 2.45) is 0 Å². The molecule has 0 radical (unpaired) electrons. The number of aromatic nitrogens is 1. The molecule has 0 unspecified atom stereocenters. The Labute approximate surface area is 145 Å². The summed E-state index contributed by atoms with van der Waals surface area (Å²) in [6.45, 7) is 0.806. The molecule has 4 rings (SSSR count). The van der Waals surface area contributed by atoms with Crippen LogP contribution >= 0.6 is 11.6 Å². The van der Waals surface area contributed by atoms with Gasteiger partial charge in [0, 0.05) is 40.5 Å². The second-order valence-corrected chi connectivity index (χ2v) is 6.00. The molecule has 0 fully saturated rings. The molecule has 4 nitrogen and oxygen atoms in total. The summed E-state index contributed by atoms with van der Waals surface area (Å²) in [4.78, 5) is 4.39. The van der Waals surface area contributed by atoms with E-state index in [0.29, 0.717) is 5.02 Å². The molecule has 2 heterocycles. The van der Waals surface area contributed by atoms with Crippen LogP contribution in [0.15, 0.2) is 48.7 Å². The largest absolute Gasteiger partial charge is 0.497 e. The van der Waals surface area contributed by atoms with Crippen LogP contribution in [0.4, 0.5) is 17.1 Å². The molecule has 1 aromatic heterocycles. The van der Waals surface area contributed by atoms with E-state index in [1.165, 1.54) is 0 Å². The summed E-state index contributed by atoms with van der Waals surface area (Å²) in [5, 5.41) is 8.62. The highest BCUT2D eigenvalue weighted by molar-refractivity contribution is 6.31.